The van der Waals surface area contributed by atoms with E-state index in [1.165, 1.54) is 0 Å². The molecule has 1 aromatic carbocycles. The molecule has 0 amide bonds. The molecule has 6 heteroatoms. The van der Waals surface area contributed by atoms with Gasteiger partial charge in [0.2, 0.25) is 0 Å². The Balaban J connectivity index is 2.95. The molecule has 3 N–H and O–H groups in total. The number of hydrogen-bond donors (Lipinski definition) is 3. The number of para-hydroxylation sites is 1. The van der Waals surface area contributed by atoms with Crippen LogP contribution in [0.2, 0.25) is 0 Å². The molecule has 0 bridgehead atoms. The van der Waals surface area contributed by atoms with Crippen LogP contribution in [-0.4, -0.2) is 21.0 Å². The fourth-order valence-corrected chi connectivity index (χ4v) is 3.02. The second-order valence-electron chi connectivity index (χ2n) is 4.74. The third-order valence-electron chi connectivity index (χ3n) is 2.57. The van der Waals surface area contributed by atoms with Crippen LogP contribution in [0.25, 0.3) is 0 Å². The van der Waals surface area contributed by atoms with Gasteiger partial charge in [-0.3, -0.25) is 4.72 Å². The zero-order valence-electron chi connectivity index (χ0n) is 11.9. The van der Waals surface area contributed by atoms with Crippen molar-refractivity contribution in [3.05, 3.63) is 29.8 Å². The molecular weight excluding hydrogens is 262 g/mol. The van der Waals surface area contributed by atoms with Gasteiger partial charge in [-0.05, 0) is 38.9 Å². The van der Waals surface area contributed by atoms with E-state index in [0.29, 0.717) is 5.69 Å². The summed E-state index contributed by atoms with van der Waals surface area (Å²) < 4.78 is 28.9. The van der Waals surface area contributed by atoms with Gasteiger partial charge in [-0.2, -0.15) is 13.1 Å². The molecule has 0 fully saturated rings. The van der Waals surface area contributed by atoms with E-state index in [-0.39, 0.29) is 12.1 Å². The second-order valence-corrected chi connectivity index (χ2v) is 6.19. The van der Waals surface area contributed by atoms with Gasteiger partial charge in [0.15, 0.2) is 0 Å². The minimum Gasteiger partial charge on any atom is -0.310 e. The van der Waals surface area contributed by atoms with E-state index in [4.69, 9.17) is 0 Å². The van der Waals surface area contributed by atoms with Gasteiger partial charge in [0.1, 0.15) is 0 Å². The monoisotopic (exact) mass is 285 g/mol. The number of benzene rings is 1. The fraction of sp³-hybridized carbons (Fsp3) is 0.538. The highest BCUT2D eigenvalue weighted by Crippen LogP contribution is 2.23. The Morgan fingerprint density at radius 3 is 2.37 bits per heavy atom. The predicted molar refractivity (Wildman–Crippen MR) is 79.3 cm³/mol. The van der Waals surface area contributed by atoms with Crippen LogP contribution in [0.15, 0.2) is 24.3 Å². The molecule has 0 radical (unpaired) electrons. The SMILES string of the molecule is CCNC(C)c1ccccc1NS(=O)(=O)NC(C)C. The number of rotatable bonds is 7. The van der Waals surface area contributed by atoms with Crippen molar-refractivity contribution in [3.8, 4) is 0 Å². The summed E-state index contributed by atoms with van der Waals surface area (Å²) in [4.78, 5) is 0. The van der Waals surface area contributed by atoms with Gasteiger partial charge in [-0.25, -0.2) is 0 Å². The van der Waals surface area contributed by atoms with Gasteiger partial charge < -0.3 is 5.32 Å². The Kier molecular flexibility index (Phi) is 5.78. The molecule has 0 saturated heterocycles. The first-order chi connectivity index (χ1) is 8.85. The number of hydrogen-bond acceptors (Lipinski definition) is 3. The largest absolute Gasteiger partial charge is 0.310 e. The first-order valence-corrected chi connectivity index (χ1v) is 7.96. The molecule has 0 aliphatic carbocycles. The summed E-state index contributed by atoms with van der Waals surface area (Å²) >= 11 is 0. The Hall–Kier alpha value is -1.11. The topological polar surface area (TPSA) is 70.2 Å². The molecule has 1 aromatic rings. The molecule has 108 valence electrons. The molecule has 0 saturated carbocycles. The summed E-state index contributed by atoms with van der Waals surface area (Å²) in [7, 11) is -3.53. The molecule has 0 aliphatic heterocycles. The lowest BCUT2D eigenvalue weighted by Crippen LogP contribution is -2.35. The second kappa shape index (κ2) is 6.88. The van der Waals surface area contributed by atoms with E-state index in [9.17, 15) is 8.42 Å². The van der Waals surface area contributed by atoms with Gasteiger partial charge in [-0.15, -0.1) is 0 Å². The molecule has 0 spiro atoms. The molecule has 1 atom stereocenters. The van der Waals surface area contributed by atoms with E-state index < -0.39 is 10.2 Å². The molecule has 19 heavy (non-hydrogen) atoms. The van der Waals surface area contributed by atoms with E-state index in [1.807, 2.05) is 32.0 Å². The van der Waals surface area contributed by atoms with Crippen LogP contribution in [0.1, 0.15) is 39.3 Å². The van der Waals surface area contributed by atoms with Crippen molar-refractivity contribution in [2.45, 2.75) is 39.8 Å². The smallest absolute Gasteiger partial charge is 0.299 e. The summed E-state index contributed by atoms with van der Waals surface area (Å²) in [5.41, 5.74) is 1.53. The molecule has 1 unspecified atom stereocenters. The predicted octanol–water partition coefficient (Wildman–Crippen LogP) is 2.01. The average molecular weight is 285 g/mol. The van der Waals surface area contributed by atoms with Crippen LogP contribution in [0.5, 0.6) is 0 Å². The molecule has 5 nitrogen and oxygen atoms in total. The lowest BCUT2D eigenvalue weighted by molar-refractivity contribution is 0.574. The maximum atomic E-state index is 11.9. The fourth-order valence-electron chi connectivity index (χ4n) is 1.87. The van der Waals surface area contributed by atoms with Gasteiger partial charge >= 0.3 is 0 Å². The van der Waals surface area contributed by atoms with Crippen LogP contribution in [0.4, 0.5) is 5.69 Å². The minimum atomic E-state index is -3.53. The van der Waals surface area contributed by atoms with Crippen LogP contribution in [-0.2, 0) is 10.2 Å². The Bertz CT molecular complexity index is 500. The summed E-state index contributed by atoms with van der Waals surface area (Å²) in [5.74, 6) is 0. The summed E-state index contributed by atoms with van der Waals surface area (Å²) in [6.45, 7) is 8.42. The van der Waals surface area contributed by atoms with E-state index in [0.717, 1.165) is 12.1 Å². The normalized spacial score (nSPS) is 13.5. The van der Waals surface area contributed by atoms with Crippen molar-refractivity contribution in [1.82, 2.24) is 10.0 Å². The van der Waals surface area contributed by atoms with Crippen molar-refractivity contribution in [2.24, 2.45) is 0 Å². The average Bonchev–Trinajstić information content (AvgIpc) is 2.27. The maximum absolute atomic E-state index is 11.9. The summed E-state index contributed by atoms with van der Waals surface area (Å²) in [5, 5.41) is 3.27. The zero-order valence-corrected chi connectivity index (χ0v) is 12.7. The third kappa shape index (κ3) is 5.18. The van der Waals surface area contributed by atoms with E-state index in [1.54, 1.807) is 19.9 Å². The van der Waals surface area contributed by atoms with Gasteiger partial charge in [0.05, 0.1) is 5.69 Å². The first-order valence-electron chi connectivity index (χ1n) is 6.48. The number of nitrogens with one attached hydrogen (secondary N) is 3. The Labute approximate surface area is 116 Å². The highest BCUT2D eigenvalue weighted by atomic mass is 32.2. The third-order valence-corrected chi connectivity index (χ3v) is 3.84. The van der Waals surface area contributed by atoms with Crippen LogP contribution in [0.3, 0.4) is 0 Å². The van der Waals surface area contributed by atoms with E-state index in [2.05, 4.69) is 14.8 Å². The van der Waals surface area contributed by atoms with E-state index >= 15 is 0 Å². The molecule has 0 heterocycles. The van der Waals surface area contributed by atoms with Crippen molar-refractivity contribution < 1.29 is 8.42 Å². The molecule has 1 rings (SSSR count). The standard InChI is InChI=1S/C13H23N3O2S/c1-5-14-11(4)12-8-6-7-9-13(12)16-19(17,18)15-10(2)3/h6-11,14-16H,5H2,1-4H3. The Morgan fingerprint density at radius 2 is 1.79 bits per heavy atom. The first kappa shape index (κ1) is 15.9. The molecule has 0 aliphatic rings. The van der Waals surface area contributed by atoms with Crippen molar-refractivity contribution in [2.75, 3.05) is 11.3 Å². The number of anilines is 1. The van der Waals surface area contributed by atoms with Crippen LogP contribution in [0, 0.1) is 0 Å². The summed E-state index contributed by atoms with van der Waals surface area (Å²) in [6, 6.07) is 7.34. The maximum Gasteiger partial charge on any atom is 0.299 e. The van der Waals surface area contributed by atoms with Crippen molar-refractivity contribution in [3.63, 3.8) is 0 Å². The highest BCUT2D eigenvalue weighted by molar-refractivity contribution is 7.90. The Morgan fingerprint density at radius 1 is 1.16 bits per heavy atom. The quantitative estimate of drug-likeness (QED) is 0.718. The molecular formula is C13H23N3O2S. The molecule has 0 aromatic heterocycles. The van der Waals surface area contributed by atoms with Gasteiger partial charge in [0, 0.05) is 12.1 Å². The van der Waals surface area contributed by atoms with Crippen LogP contribution >= 0.6 is 0 Å². The lowest BCUT2D eigenvalue weighted by atomic mass is 10.1. The minimum absolute atomic E-state index is 0.0861. The zero-order chi connectivity index (χ0) is 14.5. The lowest BCUT2D eigenvalue weighted by Gasteiger charge is -2.19. The van der Waals surface area contributed by atoms with Gasteiger partial charge in [-0.1, -0.05) is 25.1 Å². The van der Waals surface area contributed by atoms with Crippen molar-refractivity contribution >= 4 is 15.9 Å². The van der Waals surface area contributed by atoms with Gasteiger partial charge in [0.25, 0.3) is 10.2 Å². The van der Waals surface area contributed by atoms with Crippen LogP contribution < -0.4 is 14.8 Å². The summed E-state index contributed by atoms with van der Waals surface area (Å²) in [6.07, 6.45) is 0. The van der Waals surface area contributed by atoms with Crippen molar-refractivity contribution in [1.29, 1.82) is 0 Å². The highest BCUT2D eigenvalue weighted by Gasteiger charge is 2.15.